The van der Waals surface area contributed by atoms with Crippen LogP contribution in [0.15, 0.2) is 81.9 Å². The lowest BCUT2D eigenvalue weighted by atomic mass is 9.59. The van der Waals surface area contributed by atoms with Crippen molar-refractivity contribution in [2.24, 2.45) is 17.8 Å². The third kappa shape index (κ3) is 3.57. The number of halogens is 2. The maximum atomic E-state index is 14.4. The summed E-state index contributed by atoms with van der Waals surface area (Å²) in [6.45, 7) is 0.154. The molecule has 2 aromatic carbocycles. The number of fused-ring (bicyclic) bond motifs is 3. The average Bonchev–Trinajstić information content (AvgIpc) is 3.13. The molecular formula is C29H21BrFNO5. The summed E-state index contributed by atoms with van der Waals surface area (Å²) in [6.07, 6.45) is 3.43. The third-order valence-electron chi connectivity index (χ3n) is 7.93. The Bertz CT molecular complexity index is 1490. The van der Waals surface area contributed by atoms with Crippen molar-refractivity contribution in [1.29, 1.82) is 0 Å². The predicted octanol–water partition coefficient (Wildman–Crippen LogP) is 4.49. The van der Waals surface area contributed by atoms with Crippen molar-refractivity contribution in [2.75, 3.05) is 0 Å². The first-order chi connectivity index (χ1) is 17.8. The molecule has 1 heterocycles. The molecule has 1 fully saturated rings. The minimum atomic E-state index is -0.898. The van der Waals surface area contributed by atoms with Gasteiger partial charge in [0, 0.05) is 28.7 Å². The fourth-order valence-corrected chi connectivity index (χ4v) is 6.76. The van der Waals surface area contributed by atoms with Crippen LogP contribution in [0.25, 0.3) is 0 Å². The van der Waals surface area contributed by atoms with Crippen LogP contribution in [0, 0.1) is 23.6 Å². The monoisotopic (exact) mass is 561 g/mol. The van der Waals surface area contributed by atoms with Crippen LogP contribution < -0.4 is 0 Å². The van der Waals surface area contributed by atoms with Gasteiger partial charge >= 0.3 is 0 Å². The Morgan fingerprint density at radius 3 is 2.49 bits per heavy atom. The fraction of sp³-hybridized carbons (Fsp3) is 0.241. The molecule has 186 valence electrons. The van der Waals surface area contributed by atoms with E-state index < -0.39 is 41.0 Å². The molecule has 0 unspecified atom stereocenters. The van der Waals surface area contributed by atoms with Crippen LogP contribution in [0.2, 0.25) is 0 Å². The Morgan fingerprint density at radius 1 is 0.973 bits per heavy atom. The predicted molar refractivity (Wildman–Crippen MR) is 135 cm³/mol. The largest absolute Gasteiger partial charge is 0.505 e. The molecule has 4 atom stereocenters. The van der Waals surface area contributed by atoms with Gasteiger partial charge in [0.2, 0.25) is 11.8 Å². The van der Waals surface area contributed by atoms with E-state index in [4.69, 9.17) is 0 Å². The maximum Gasteiger partial charge on any atom is 0.234 e. The molecule has 0 aromatic heterocycles. The first kappa shape index (κ1) is 23.7. The molecule has 0 spiro atoms. The second-order valence-corrected chi connectivity index (χ2v) is 10.7. The minimum Gasteiger partial charge on any atom is -0.505 e. The first-order valence-electron chi connectivity index (χ1n) is 12.0. The van der Waals surface area contributed by atoms with E-state index in [0.717, 1.165) is 11.6 Å². The highest BCUT2D eigenvalue weighted by atomic mass is 79.9. The standard InChI is InChI=1S/C29H21BrFNO5/c30-20-12-22(33)25-19(26(20)34)11-18-15(23(25)16-7-4-8-21(31)27(16)35)9-10-17-24(18)29(37)32(28(17)36)13-14-5-2-1-3-6-14/h1-9,12,17-18,23-24,35H,10-11,13H2/t17-,18+,23+,24-/m0/s1. The Kier molecular flexibility index (Phi) is 5.60. The SMILES string of the molecule is O=C1C=C(Br)C(=O)C2=C1[C@@H](c1cccc(F)c1O)C1=CC[C@@H]3C(=O)N(Cc4ccccc4)C(=O)[C@@H]3[C@@H]1C2. The quantitative estimate of drug-likeness (QED) is 0.338. The van der Waals surface area contributed by atoms with E-state index in [1.807, 2.05) is 36.4 Å². The second kappa shape index (κ2) is 8.73. The summed E-state index contributed by atoms with van der Waals surface area (Å²) in [5, 5.41) is 10.6. The highest BCUT2D eigenvalue weighted by Gasteiger charge is 2.56. The van der Waals surface area contributed by atoms with Gasteiger partial charge in [-0.25, -0.2) is 4.39 Å². The summed E-state index contributed by atoms with van der Waals surface area (Å²) in [6, 6.07) is 13.3. The number of carbonyl (C=O) groups excluding carboxylic acids is 4. The first-order valence-corrected chi connectivity index (χ1v) is 12.8. The zero-order valence-electron chi connectivity index (χ0n) is 19.5. The molecule has 2 aromatic rings. The van der Waals surface area contributed by atoms with Gasteiger partial charge in [-0.2, -0.15) is 0 Å². The number of phenols is 1. The van der Waals surface area contributed by atoms with Gasteiger partial charge in [-0.05, 0) is 46.3 Å². The molecule has 6 nitrogen and oxygen atoms in total. The number of hydrogen-bond acceptors (Lipinski definition) is 5. The molecule has 0 bridgehead atoms. The number of carbonyl (C=O) groups is 4. The minimum absolute atomic E-state index is 0.109. The number of likely N-dealkylation sites (tertiary alicyclic amines) is 1. The van der Waals surface area contributed by atoms with E-state index in [9.17, 15) is 28.7 Å². The molecule has 1 N–H and O–H groups in total. The number of aromatic hydroxyl groups is 1. The van der Waals surface area contributed by atoms with Gasteiger partial charge < -0.3 is 5.11 Å². The number of allylic oxidation sites excluding steroid dienone is 6. The average molecular weight is 562 g/mol. The summed E-state index contributed by atoms with van der Waals surface area (Å²) in [5.74, 6) is -5.54. The summed E-state index contributed by atoms with van der Waals surface area (Å²) in [5.41, 5.74) is 2.07. The summed E-state index contributed by atoms with van der Waals surface area (Å²) >= 11 is 3.17. The van der Waals surface area contributed by atoms with Gasteiger partial charge in [0.25, 0.3) is 0 Å². The molecule has 6 rings (SSSR count). The summed E-state index contributed by atoms with van der Waals surface area (Å²) in [7, 11) is 0. The van der Waals surface area contributed by atoms with Crippen molar-refractivity contribution in [3.63, 3.8) is 0 Å². The van der Waals surface area contributed by atoms with Crippen molar-refractivity contribution in [2.45, 2.75) is 25.3 Å². The zero-order valence-corrected chi connectivity index (χ0v) is 21.1. The molecule has 1 saturated heterocycles. The summed E-state index contributed by atoms with van der Waals surface area (Å²) in [4.78, 5) is 54.8. The normalized spacial score (nSPS) is 27.0. The van der Waals surface area contributed by atoms with Crippen molar-refractivity contribution >= 4 is 39.3 Å². The molecular weight excluding hydrogens is 541 g/mol. The maximum absolute atomic E-state index is 14.4. The van der Waals surface area contributed by atoms with Crippen LogP contribution in [-0.2, 0) is 25.7 Å². The van der Waals surface area contributed by atoms with Crippen LogP contribution in [0.3, 0.4) is 0 Å². The number of para-hydroxylation sites is 1. The molecule has 0 saturated carbocycles. The molecule has 0 radical (unpaired) electrons. The highest BCUT2D eigenvalue weighted by Crippen LogP contribution is 2.56. The lowest BCUT2D eigenvalue weighted by molar-refractivity contribution is -0.140. The number of amides is 2. The van der Waals surface area contributed by atoms with E-state index in [-0.39, 0.29) is 58.2 Å². The van der Waals surface area contributed by atoms with Crippen LogP contribution in [0.1, 0.15) is 29.9 Å². The van der Waals surface area contributed by atoms with E-state index in [2.05, 4.69) is 15.9 Å². The smallest absolute Gasteiger partial charge is 0.234 e. The van der Waals surface area contributed by atoms with Gasteiger partial charge in [-0.3, -0.25) is 24.1 Å². The van der Waals surface area contributed by atoms with E-state index >= 15 is 0 Å². The fourth-order valence-electron chi connectivity index (χ4n) is 6.31. The number of rotatable bonds is 3. The van der Waals surface area contributed by atoms with E-state index in [0.29, 0.717) is 5.57 Å². The lowest BCUT2D eigenvalue weighted by Gasteiger charge is -2.42. The highest BCUT2D eigenvalue weighted by molar-refractivity contribution is 9.12. The van der Waals surface area contributed by atoms with Gasteiger partial charge in [-0.1, -0.05) is 54.1 Å². The topological polar surface area (TPSA) is 91.8 Å². The van der Waals surface area contributed by atoms with Crippen molar-refractivity contribution in [3.05, 3.63) is 98.8 Å². The number of nitrogens with zero attached hydrogens (tertiary/aromatic N) is 1. The van der Waals surface area contributed by atoms with Crippen molar-refractivity contribution in [3.8, 4) is 5.75 Å². The molecule has 8 heteroatoms. The number of phenolic OH excluding ortho intramolecular Hbond substituents is 1. The second-order valence-electron chi connectivity index (χ2n) is 9.82. The van der Waals surface area contributed by atoms with E-state index in [1.165, 1.54) is 23.1 Å². The number of Topliss-reactive ketones (excluding diaryl/α,β-unsaturated/α-hetero) is 1. The van der Waals surface area contributed by atoms with Gasteiger partial charge in [0.15, 0.2) is 23.1 Å². The zero-order chi connectivity index (χ0) is 26.0. The van der Waals surface area contributed by atoms with Gasteiger partial charge in [-0.15, -0.1) is 0 Å². The lowest BCUT2D eigenvalue weighted by Crippen LogP contribution is -2.39. The third-order valence-corrected chi connectivity index (χ3v) is 8.52. The Hall–Kier alpha value is -3.65. The molecule has 4 aliphatic rings. The van der Waals surface area contributed by atoms with Crippen LogP contribution in [0.4, 0.5) is 4.39 Å². The van der Waals surface area contributed by atoms with Gasteiger partial charge in [0.05, 0.1) is 22.9 Å². The molecule has 1 aliphatic heterocycles. The van der Waals surface area contributed by atoms with Crippen LogP contribution >= 0.6 is 15.9 Å². The van der Waals surface area contributed by atoms with E-state index in [1.54, 1.807) is 0 Å². The number of ketones is 2. The molecule has 37 heavy (non-hydrogen) atoms. The van der Waals surface area contributed by atoms with Gasteiger partial charge in [0.1, 0.15) is 0 Å². The molecule has 3 aliphatic carbocycles. The summed E-state index contributed by atoms with van der Waals surface area (Å²) < 4.78 is 14.6. The number of hydrogen-bond donors (Lipinski definition) is 1. The number of imide groups is 1. The van der Waals surface area contributed by atoms with Crippen LogP contribution in [0.5, 0.6) is 5.75 Å². The molecule has 2 amide bonds. The van der Waals surface area contributed by atoms with Crippen molar-refractivity contribution < 1.29 is 28.7 Å². The Morgan fingerprint density at radius 2 is 1.73 bits per heavy atom. The Balaban J connectivity index is 1.47. The number of benzene rings is 2. The Labute approximate surface area is 220 Å². The van der Waals surface area contributed by atoms with Crippen molar-refractivity contribution in [1.82, 2.24) is 4.90 Å². The van der Waals surface area contributed by atoms with Crippen LogP contribution in [-0.4, -0.2) is 33.4 Å².